The monoisotopic (exact) mass is 302 g/mol. The Morgan fingerprint density at radius 2 is 1.86 bits per heavy atom. The normalized spacial score (nSPS) is 22.7. The number of Topliss-reactive ketones (excluding diaryl/α,β-unsaturated/α-hetero) is 1. The SMILES string of the molecule is CCOC(=O)[C@@]1(CCc2ccccc2)CCCCCCC1=O. The molecular weight excluding hydrogens is 276 g/mol. The van der Waals surface area contributed by atoms with E-state index in [0.717, 1.165) is 32.1 Å². The van der Waals surface area contributed by atoms with Crippen molar-refractivity contribution in [2.45, 2.75) is 58.3 Å². The molecule has 0 N–H and O–H groups in total. The van der Waals surface area contributed by atoms with Crippen LogP contribution in [0.2, 0.25) is 0 Å². The predicted molar refractivity (Wildman–Crippen MR) is 86.5 cm³/mol. The zero-order valence-corrected chi connectivity index (χ0v) is 13.5. The van der Waals surface area contributed by atoms with Gasteiger partial charge >= 0.3 is 5.97 Å². The molecule has 0 aromatic heterocycles. The molecule has 0 amide bonds. The predicted octanol–water partition coefficient (Wildman–Crippen LogP) is 4.09. The molecule has 0 unspecified atom stereocenters. The van der Waals surface area contributed by atoms with E-state index in [1.54, 1.807) is 6.92 Å². The topological polar surface area (TPSA) is 43.4 Å². The standard InChI is InChI=1S/C19H26O3/c1-2-22-18(21)19(14-9-4-3-8-12-17(19)20)15-13-16-10-6-5-7-11-16/h5-7,10-11H,2-4,8-9,12-15H2,1H3/t19-/m1/s1. The van der Waals surface area contributed by atoms with Gasteiger partial charge in [0.1, 0.15) is 11.2 Å². The van der Waals surface area contributed by atoms with Crippen molar-refractivity contribution in [2.75, 3.05) is 6.61 Å². The molecular formula is C19H26O3. The van der Waals surface area contributed by atoms with Gasteiger partial charge in [0.05, 0.1) is 6.61 Å². The van der Waals surface area contributed by atoms with Crippen molar-refractivity contribution in [3.63, 3.8) is 0 Å². The van der Waals surface area contributed by atoms with Gasteiger partial charge in [0.25, 0.3) is 0 Å². The zero-order valence-electron chi connectivity index (χ0n) is 13.5. The van der Waals surface area contributed by atoms with E-state index in [-0.39, 0.29) is 11.8 Å². The molecule has 0 heterocycles. The maximum absolute atomic E-state index is 12.7. The third kappa shape index (κ3) is 3.96. The molecule has 1 saturated carbocycles. The number of ketones is 1. The van der Waals surface area contributed by atoms with E-state index < -0.39 is 5.41 Å². The van der Waals surface area contributed by atoms with Crippen LogP contribution in [-0.2, 0) is 20.7 Å². The Hall–Kier alpha value is -1.64. The summed E-state index contributed by atoms with van der Waals surface area (Å²) in [6.07, 6.45) is 6.46. The fourth-order valence-electron chi connectivity index (χ4n) is 3.30. The molecule has 0 spiro atoms. The van der Waals surface area contributed by atoms with Crippen LogP contribution in [0.1, 0.15) is 57.4 Å². The van der Waals surface area contributed by atoms with Crippen LogP contribution in [-0.4, -0.2) is 18.4 Å². The number of hydrogen-bond acceptors (Lipinski definition) is 3. The summed E-state index contributed by atoms with van der Waals surface area (Å²) >= 11 is 0. The highest BCUT2D eigenvalue weighted by Crippen LogP contribution is 2.37. The van der Waals surface area contributed by atoms with E-state index in [2.05, 4.69) is 0 Å². The molecule has 0 aliphatic heterocycles. The van der Waals surface area contributed by atoms with Gasteiger partial charge in [0, 0.05) is 6.42 Å². The fourth-order valence-corrected chi connectivity index (χ4v) is 3.30. The van der Waals surface area contributed by atoms with Gasteiger partial charge < -0.3 is 4.74 Å². The van der Waals surface area contributed by atoms with Crippen LogP contribution in [0.4, 0.5) is 0 Å². The number of esters is 1. The lowest BCUT2D eigenvalue weighted by atomic mass is 9.71. The molecule has 1 aliphatic carbocycles. The molecule has 1 fully saturated rings. The average Bonchev–Trinajstić information content (AvgIpc) is 2.52. The molecule has 22 heavy (non-hydrogen) atoms. The van der Waals surface area contributed by atoms with Gasteiger partial charge in [-0.15, -0.1) is 0 Å². The number of carbonyl (C=O) groups is 2. The molecule has 0 radical (unpaired) electrons. The van der Waals surface area contributed by atoms with Crippen molar-refractivity contribution in [1.29, 1.82) is 0 Å². The van der Waals surface area contributed by atoms with Crippen LogP contribution in [0, 0.1) is 5.41 Å². The number of aryl methyl sites for hydroxylation is 1. The van der Waals surface area contributed by atoms with E-state index in [9.17, 15) is 9.59 Å². The molecule has 1 atom stereocenters. The minimum absolute atomic E-state index is 0.0848. The van der Waals surface area contributed by atoms with Crippen molar-refractivity contribution in [3.05, 3.63) is 35.9 Å². The van der Waals surface area contributed by atoms with Gasteiger partial charge in [-0.2, -0.15) is 0 Å². The molecule has 3 heteroatoms. The maximum Gasteiger partial charge on any atom is 0.319 e. The molecule has 1 aromatic carbocycles. The Morgan fingerprint density at radius 1 is 1.14 bits per heavy atom. The molecule has 1 aliphatic rings. The zero-order chi connectivity index (χ0) is 15.8. The van der Waals surface area contributed by atoms with Gasteiger partial charge in [0.2, 0.25) is 0 Å². The second-order valence-corrected chi connectivity index (χ2v) is 6.13. The van der Waals surface area contributed by atoms with Gasteiger partial charge in [-0.25, -0.2) is 0 Å². The lowest BCUT2D eigenvalue weighted by Gasteiger charge is -2.31. The second-order valence-electron chi connectivity index (χ2n) is 6.13. The highest BCUT2D eigenvalue weighted by Gasteiger charge is 2.45. The summed E-state index contributed by atoms with van der Waals surface area (Å²) in [5.74, 6) is -0.223. The first-order chi connectivity index (χ1) is 10.7. The van der Waals surface area contributed by atoms with Crippen molar-refractivity contribution in [2.24, 2.45) is 5.41 Å². The minimum Gasteiger partial charge on any atom is -0.465 e. The Bertz CT molecular complexity index is 485. The van der Waals surface area contributed by atoms with Crippen LogP contribution < -0.4 is 0 Å². The van der Waals surface area contributed by atoms with E-state index in [1.165, 1.54) is 5.56 Å². The van der Waals surface area contributed by atoms with E-state index in [4.69, 9.17) is 4.74 Å². The first kappa shape index (κ1) is 16.7. The summed E-state index contributed by atoms with van der Waals surface area (Å²) in [4.78, 5) is 25.3. The summed E-state index contributed by atoms with van der Waals surface area (Å²) in [5.41, 5.74) is 0.243. The largest absolute Gasteiger partial charge is 0.465 e. The number of hydrogen-bond donors (Lipinski definition) is 0. The highest BCUT2D eigenvalue weighted by molar-refractivity contribution is 6.03. The first-order valence-corrected chi connectivity index (χ1v) is 8.43. The smallest absolute Gasteiger partial charge is 0.319 e. The van der Waals surface area contributed by atoms with Crippen molar-refractivity contribution in [3.8, 4) is 0 Å². The fraction of sp³-hybridized carbons (Fsp3) is 0.579. The van der Waals surface area contributed by atoms with Crippen LogP contribution >= 0.6 is 0 Å². The van der Waals surface area contributed by atoms with E-state index in [0.29, 0.717) is 25.9 Å². The molecule has 0 saturated heterocycles. The van der Waals surface area contributed by atoms with Crippen molar-refractivity contribution in [1.82, 2.24) is 0 Å². The Kier molecular flexibility index (Phi) is 6.17. The molecule has 0 bridgehead atoms. The van der Waals surface area contributed by atoms with Crippen molar-refractivity contribution < 1.29 is 14.3 Å². The molecule has 120 valence electrons. The summed E-state index contributed by atoms with van der Waals surface area (Å²) < 4.78 is 5.28. The lowest BCUT2D eigenvalue weighted by molar-refractivity contribution is -0.161. The lowest BCUT2D eigenvalue weighted by Crippen LogP contribution is -2.42. The quantitative estimate of drug-likeness (QED) is 0.607. The number of carbonyl (C=O) groups excluding carboxylic acids is 2. The first-order valence-electron chi connectivity index (χ1n) is 8.43. The third-order valence-corrected chi connectivity index (χ3v) is 4.64. The summed E-state index contributed by atoms with van der Waals surface area (Å²) in [6, 6.07) is 10.1. The van der Waals surface area contributed by atoms with E-state index in [1.807, 2.05) is 30.3 Å². The third-order valence-electron chi connectivity index (χ3n) is 4.64. The van der Waals surface area contributed by atoms with Crippen LogP contribution in [0.15, 0.2) is 30.3 Å². The number of ether oxygens (including phenoxy) is 1. The van der Waals surface area contributed by atoms with Crippen molar-refractivity contribution >= 4 is 11.8 Å². The Balaban J connectivity index is 2.19. The summed E-state index contributed by atoms with van der Waals surface area (Å²) in [6.45, 7) is 2.13. The Labute approximate surface area is 133 Å². The van der Waals surface area contributed by atoms with Gasteiger partial charge in [-0.1, -0.05) is 49.6 Å². The summed E-state index contributed by atoms with van der Waals surface area (Å²) in [7, 11) is 0. The van der Waals surface area contributed by atoms with Crippen LogP contribution in [0.25, 0.3) is 0 Å². The van der Waals surface area contributed by atoms with Gasteiger partial charge in [0.15, 0.2) is 0 Å². The minimum atomic E-state index is -0.924. The van der Waals surface area contributed by atoms with Crippen LogP contribution in [0.5, 0.6) is 0 Å². The summed E-state index contributed by atoms with van der Waals surface area (Å²) in [5, 5.41) is 0. The van der Waals surface area contributed by atoms with E-state index >= 15 is 0 Å². The highest BCUT2D eigenvalue weighted by atomic mass is 16.5. The second kappa shape index (κ2) is 8.11. The molecule has 2 rings (SSSR count). The number of benzene rings is 1. The van der Waals surface area contributed by atoms with Crippen LogP contribution in [0.3, 0.4) is 0 Å². The van der Waals surface area contributed by atoms with Gasteiger partial charge in [-0.05, 0) is 38.2 Å². The molecule has 3 nitrogen and oxygen atoms in total. The maximum atomic E-state index is 12.7. The number of rotatable bonds is 5. The Morgan fingerprint density at radius 3 is 2.59 bits per heavy atom. The van der Waals surface area contributed by atoms with Gasteiger partial charge in [-0.3, -0.25) is 9.59 Å². The average molecular weight is 302 g/mol. The molecule has 1 aromatic rings.